The number of hydrogen-bond donors (Lipinski definition) is 2. The molecule has 0 aliphatic heterocycles. The lowest BCUT2D eigenvalue weighted by Gasteiger charge is -2.11. The zero-order valence-corrected chi connectivity index (χ0v) is 13.8. The number of guanidine groups is 1. The van der Waals surface area contributed by atoms with Gasteiger partial charge in [-0.05, 0) is 44.9 Å². The van der Waals surface area contributed by atoms with E-state index in [-0.39, 0.29) is 5.82 Å². The Morgan fingerprint density at radius 1 is 1.30 bits per heavy atom. The van der Waals surface area contributed by atoms with Crippen LogP contribution in [0.4, 0.5) is 4.39 Å². The summed E-state index contributed by atoms with van der Waals surface area (Å²) in [5, 5.41) is 10.4. The topological polar surface area (TPSA) is 62.5 Å². The van der Waals surface area contributed by atoms with Gasteiger partial charge in [-0.15, -0.1) is 0 Å². The zero-order chi connectivity index (χ0) is 16.7. The molecule has 6 heteroatoms. The maximum absolute atomic E-state index is 13.2. The van der Waals surface area contributed by atoms with Crippen LogP contribution in [0.1, 0.15) is 29.5 Å². The fraction of sp³-hybridized carbons (Fsp3) is 0.412. The monoisotopic (exact) mass is 318 g/mol. The zero-order valence-electron chi connectivity index (χ0n) is 13.8. The van der Waals surface area contributed by atoms with Gasteiger partial charge in [0.1, 0.15) is 11.6 Å². The molecule has 0 fully saturated rings. The highest BCUT2D eigenvalue weighted by Crippen LogP contribution is 2.12. The average Bonchev–Trinajstić information content (AvgIpc) is 2.84. The molecule has 5 nitrogen and oxygen atoms in total. The van der Waals surface area contributed by atoms with Gasteiger partial charge >= 0.3 is 0 Å². The number of nitrogens with one attached hydrogen (secondary N) is 2. The van der Waals surface area contributed by atoms with Gasteiger partial charge in [0.25, 0.3) is 0 Å². The lowest BCUT2D eigenvalue weighted by molar-refractivity contribution is 0.392. The molecular formula is C17H23FN4O. The molecule has 2 aromatic rings. The van der Waals surface area contributed by atoms with E-state index in [0.29, 0.717) is 12.5 Å². The van der Waals surface area contributed by atoms with Crippen LogP contribution < -0.4 is 10.6 Å². The lowest BCUT2D eigenvalue weighted by Crippen LogP contribution is -2.38. The molecule has 0 radical (unpaired) electrons. The van der Waals surface area contributed by atoms with E-state index >= 15 is 0 Å². The second-order valence-corrected chi connectivity index (χ2v) is 5.30. The minimum atomic E-state index is -0.242. The summed E-state index contributed by atoms with van der Waals surface area (Å²) in [6.45, 7) is 7.78. The van der Waals surface area contributed by atoms with Crippen molar-refractivity contribution in [2.24, 2.45) is 4.99 Å². The quantitative estimate of drug-likeness (QED) is 0.635. The molecule has 0 atom stereocenters. The van der Waals surface area contributed by atoms with E-state index in [2.05, 4.69) is 20.8 Å². The first-order valence-corrected chi connectivity index (χ1v) is 7.78. The number of benzene rings is 1. The summed E-state index contributed by atoms with van der Waals surface area (Å²) in [4.78, 5) is 4.48. The molecule has 1 aromatic carbocycles. The first-order chi connectivity index (χ1) is 11.1. The van der Waals surface area contributed by atoms with E-state index in [1.165, 1.54) is 12.1 Å². The van der Waals surface area contributed by atoms with Gasteiger partial charge in [-0.2, -0.15) is 0 Å². The highest BCUT2D eigenvalue weighted by atomic mass is 19.1. The molecular weight excluding hydrogens is 295 g/mol. The van der Waals surface area contributed by atoms with Crippen LogP contribution in [0.15, 0.2) is 33.8 Å². The predicted octanol–water partition coefficient (Wildman–Crippen LogP) is 2.73. The molecule has 2 rings (SSSR count). The van der Waals surface area contributed by atoms with Crippen LogP contribution in [0.2, 0.25) is 0 Å². The van der Waals surface area contributed by atoms with E-state index < -0.39 is 0 Å². The summed E-state index contributed by atoms with van der Waals surface area (Å²) in [6, 6.07) is 6.48. The maximum Gasteiger partial charge on any atom is 0.191 e. The Balaban J connectivity index is 1.91. The molecule has 0 saturated carbocycles. The van der Waals surface area contributed by atoms with Crippen LogP contribution in [0.3, 0.4) is 0 Å². The fourth-order valence-electron chi connectivity index (χ4n) is 2.31. The van der Waals surface area contributed by atoms with Crippen molar-refractivity contribution in [2.45, 2.75) is 33.7 Å². The van der Waals surface area contributed by atoms with Gasteiger partial charge in [-0.1, -0.05) is 17.3 Å². The molecule has 0 spiro atoms. The molecule has 23 heavy (non-hydrogen) atoms. The third-order valence-electron chi connectivity index (χ3n) is 3.50. The van der Waals surface area contributed by atoms with Crippen LogP contribution >= 0.6 is 0 Å². The number of rotatable bonds is 6. The number of aryl methyl sites for hydroxylation is 2. The molecule has 0 bridgehead atoms. The van der Waals surface area contributed by atoms with Gasteiger partial charge in [0, 0.05) is 18.7 Å². The van der Waals surface area contributed by atoms with Crippen molar-refractivity contribution in [2.75, 3.05) is 13.1 Å². The number of nitrogens with zero attached hydrogens (tertiary/aromatic N) is 2. The Bertz CT molecular complexity index is 647. The second kappa shape index (κ2) is 8.31. The SMILES string of the molecule is CCNC(=NCc1cccc(F)c1)NCCc1c(C)noc1C. The van der Waals surface area contributed by atoms with E-state index in [9.17, 15) is 4.39 Å². The van der Waals surface area contributed by atoms with Crippen LogP contribution in [-0.4, -0.2) is 24.2 Å². The first-order valence-electron chi connectivity index (χ1n) is 7.78. The third kappa shape index (κ3) is 5.09. The number of aliphatic imine (C=N–C) groups is 1. The van der Waals surface area contributed by atoms with Gasteiger partial charge in [0.2, 0.25) is 0 Å². The molecule has 0 aliphatic carbocycles. The van der Waals surface area contributed by atoms with Crippen molar-refractivity contribution in [3.05, 3.63) is 52.7 Å². The Morgan fingerprint density at radius 3 is 2.78 bits per heavy atom. The Morgan fingerprint density at radius 2 is 2.13 bits per heavy atom. The summed E-state index contributed by atoms with van der Waals surface area (Å²) in [5.41, 5.74) is 2.89. The van der Waals surface area contributed by atoms with Gasteiger partial charge < -0.3 is 15.2 Å². The van der Waals surface area contributed by atoms with E-state index in [0.717, 1.165) is 42.1 Å². The first kappa shape index (κ1) is 17.0. The molecule has 0 aliphatic rings. The molecule has 0 unspecified atom stereocenters. The fourth-order valence-corrected chi connectivity index (χ4v) is 2.31. The third-order valence-corrected chi connectivity index (χ3v) is 3.50. The molecule has 2 N–H and O–H groups in total. The molecule has 124 valence electrons. The highest BCUT2D eigenvalue weighted by Gasteiger charge is 2.08. The molecule has 0 saturated heterocycles. The van der Waals surface area contributed by atoms with Crippen LogP contribution in [-0.2, 0) is 13.0 Å². The summed E-state index contributed by atoms with van der Waals surface area (Å²) < 4.78 is 18.3. The van der Waals surface area contributed by atoms with Crippen molar-refractivity contribution in [1.82, 2.24) is 15.8 Å². The number of hydrogen-bond acceptors (Lipinski definition) is 3. The van der Waals surface area contributed by atoms with Crippen LogP contribution in [0.5, 0.6) is 0 Å². The van der Waals surface area contributed by atoms with Crippen LogP contribution in [0.25, 0.3) is 0 Å². The number of halogens is 1. The lowest BCUT2D eigenvalue weighted by atomic mass is 10.1. The number of aromatic nitrogens is 1. The molecule has 1 aromatic heterocycles. The predicted molar refractivity (Wildman–Crippen MR) is 88.9 cm³/mol. The van der Waals surface area contributed by atoms with Crippen molar-refractivity contribution < 1.29 is 8.91 Å². The van der Waals surface area contributed by atoms with Crippen molar-refractivity contribution in [3.63, 3.8) is 0 Å². The maximum atomic E-state index is 13.2. The standard InChI is InChI=1S/C17H23FN4O/c1-4-19-17(21-11-14-6-5-7-15(18)10-14)20-9-8-16-12(2)22-23-13(16)3/h5-7,10H,4,8-9,11H2,1-3H3,(H2,19,20,21). The van der Waals surface area contributed by atoms with E-state index in [1.54, 1.807) is 6.07 Å². The minimum Gasteiger partial charge on any atom is -0.361 e. The van der Waals surface area contributed by atoms with Crippen molar-refractivity contribution in [1.29, 1.82) is 0 Å². The second-order valence-electron chi connectivity index (χ2n) is 5.30. The normalized spacial score (nSPS) is 11.6. The summed E-state index contributed by atoms with van der Waals surface area (Å²) in [6.07, 6.45) is 0.811. The smallest absolute Gasteiger partial charge is 0.191 e. The van der Waals surface area contributed by atoms with Gasteiger partial charge in [0.05, 0.1) is 12.2 Å². The highest BCUT2D eigenvalue weighted by molar-refractivity contribution is 5.79. The Hall–Kier alpha value is -2.37. The van der Waals surface area contributed by atoms with Crippen molar-refractivity contribution in [3.8, 4) is 0 Å². The summed E-state index contributed by atoms with van der Waals surface area (Å²) >= 11 is 0. The van der Waals surface area contributed by atoms with E-state index in [1.807, 2.05) is 26.8 Å². The van der Waals surface area contributed by atoms with Crippen molar-refractivity contribution >= 4 is 5.96 Å². The van der Waals surface area contributed by atoms with Crippen LogP contribution in [0, 0.1) is 19.7 Å². The van der Waals surface area contributed by atoms with Gasteiger partial charge in [-0.25, -0.2) is 9.38 Å². The molecule has 1 heterocycles. The minimum absolute atomic E-state index is 0.242. The molecule has 0 amide bonds. The Labute approximate surface area is 136 Å². The summed E-state index contributed by atoms with van der Waals surface area (Å²) in [5.74, 6) is 1.32. The average molecular weight is 318 g/mol. The largest absolute Gasteiger partial charge is 0.361 e. The Kier molecular flexibility index (Phi) is 6.14. The summed E-state index contributed by atoms with van der Waals surface area (Å²) in [7, 11) is 0. The van der Waals surface area contributed by atoms with Gasteiger partial charge in [-0.3, -0.25) is 0 Å². The van der Waals surface area contributed by atoms with E-state index in [4.69, 9.17) is 4.52 Å². The van der Waals surface area contributed by atoms with Gasteiger partial charge in [0.15, 0.2) is 5.96 Å².